The summed E-state index contributed by atoms with van der Waals surface area (Å²) in [5.74, 6) is 1.82. The third-order valence-electron chi connectivity index (χ3n) is 3.02. The van der Waals surface area contributed by atoms with Crippen LogP contribution < -0.4 is 10.1 Å². The van der Waals surface area contributed by atoms with E-state index in [0.29, 0.717) is 6.54 Å². The number of hydrogen-bond acceptors (Lipinski definition) is 5. The van der Waals surface area contributed by atoms with Crippen LogP contribution in [-0.2, 0) is 13.6 Å². The summed E-state index contributed by atoms with van der Waals surface area (Å²) in [6.45, 7) is 2.53. The van der Waals surface area contributed by atoms with Crippen LogP contribution in [0.5, 0.6) is 11.5 Å². The van der Waals surface area contributed by atoms with E-state index in [1.54, 1.807) is 25.6 Å². The number of methoxy groups -OCH3 is 1. The van der Waals surface area contributed by atoms with Gasteiger partial charge in [-0.25, -0.2) is 0 Å². The van der Waals surface area contributed by atoms with Gasteiger partial charge in [-0.1, -0.05) is 0 Å². The van der Waals surface area contributed by atoms with E-state index in [-0.39, 0.29) is 11.8 Å². The first-order valence-corrected chi connectivity index (χ1v) is 6.05. The Morgan fingerprint density at radius 1 is 1.47 bits per heavy atom. The Balaban J connectivity index is 2.04. The normalized spacial score (nSPS) is 12.4. The minimum atomic E-state index is 0.0399. The summed E-state index contributed by atoms with van der Waals surface area (Å²) in [5.41, 5.74) is 0.786. The van der Waals surface area contributed by atoms with E-state index in [1.165, 1.54) is 0 Å². The van der Waals surface area contributed by atoms with Gasteiger partial charge >= 0.3 is 0 Å². The van der Waals surface area contributed by atoms with Crippen molar-refractivity contribution in [1.29, 1.82) is 0 Å². The fraction of sp³-hybridized carbons (Fsp3) is 0.385. The summed E-state index contributed by atoms with van der Waals surface area (Å²) < 4.78 is 7.01. The monoisotopic (exact) mass is 262 g/mol. The molecular formula is C13H18N4O2. The van der Waals surface area contributed by atoms with Gasteiger partial charge in [-0.15, -0.1) is 10.2 Å². The molecule has 0 aliphatic rings. The first-order chi connectivity index (χ1) is 9.11. The summed E-state index contributed by atoms with van der Waals surface area (Å²) in [6, 6.07) is 5.21. The second kappa shape index (κ2) is 5.71. The van der Waals surface area contributed by atoms with E-state index in [1.807, 2.05) is 24.6 Å². The van der Waals surface area contributed by atoms with Crippen LogP contribution in [0.1, 0.15) is 24.4 Å². The predicted octanol–water partition coefficient (Wildman–Crippen LogP) is 1.38. The van der Waals surface area contributed by atoms with Crippen LogP contribution in [0.3, 0.4) is 0 Å². The molecule has 0 saturated heterocycles. The highest BCUT2D eigenvalue weighted by molar-refractivity contribution is 5.39. The fourth-order valence-electron chi connectivity index (χ4n) is 1.87. The number of phenolic OH excluding ortho intramolecular Hbond substituents is 1. The van der Waals surface area contributed by atoms with Crippen LogP contribution in [0.25, 0.3) is 0 Å². The molecule has 0 radical (unpaired) electrons. The topological polar surface area (TPSA) is 72.2 Å². The number of ether oxygens (including phenoxy) is 1. The van der Waals surface area contributed by atoms with Gasteiger partial charge in [0.05, 0.1) is 13.2 Å². The highest BCUT2D eigenvalue weighted by Gasteiger charge is 2.12. The summed E-state index contributed by atoms with van der Waals surface area (Å²) in [5, 5.41) is 21.0. The number of hydrogen-bond donors (Lipinski definition) is 2. The second-order valence-corrected chi connectivity index (χ2v) is 4.40. The number of aromatic hydroxyl groups is 1. The molecule has 6 nitrogen and oxygen atoms in total. The third-order valence-corrected chi connectivity index (χ3v) is 3.02. The number of nitrogens with one attached hydrogen (secondary N) is 1. The Morgan fingerprint density at radius 2 is 2.26 bits per heavy atom. The zero-order valence-corrected chi connectivity index (χ0v) is 11.3. The van der Waals surface area contributed by atoms with Crippen molar-refractivity contribution in [3.8, 4) is 11.5 Å². The van der Waals surface area contributed by atoms with Gasteiger partial charge < -0.3 is 19.7 Å². The summed E-state index contributed by atoms with van der Waals surface area (Å²) >= 11 is 0. The van der Waals surface area contributed by atoms with Crippen molar-refractivity contribution in [1.82, 2.24) is 20.1 Å². The first kappa shape index (κ1) is 13.4. The van der Waals surface area contributed by atoms with Gasteiger partial charge in [-0.2, -0.15) is 0 Å². The molecule has 1 unspecified atom stereocenters. The van der Waals surface area contributed by atoms with Crippen LogP contribution in [-0.4, -0.2) is 27.0 Å². The van der Waals surface area contributed by atoms with Crippen molar-refractivity contribution in [2.75, 3.05) is 7.11 Å². The average molecular weight is 262 g/mol. The van der Waals surface area contributed by atoms with Gasteiger partial charge in [0.1, 0.15) is 23.7 Å². The molecule has 0 aliphatic heterocycles. The van der Waals surface area contributed by atoms with Crippen molar-refractivity contribution >= 4 is 0 Å². The minimum absolute atomic E-state index is 0.0399. The van der Waals surface area contributed by atoms with Crippen LogP contribution in [0.4, 0.5) is 0 Å². The van der Waals surface area contributed by atoms with Crippen LogP contribution in [0, 0.1) is 0 Å². The van der Waals surface area contributed by atoms with Crippen molar-refractivity contribution in [2.24, 2.45) is 7.05 Å². The van der Waals surface area contributed by atoms with Gasteiger partial charge in [0.25, 0.3) is 0 Å². The molecule has 19 heavy (non-hydrogen) atoms. The maximum atomic E-state index is 9.80. The largest absolute Gasteiger partial charge is 0.508 e. The number of rotatable bonds is 5. The summed E-state index contributed by atoms with van der Waals surface area (Å²) in [4.78, 5) is 0. The molecule has 0 spiro atoms. The van der Waals surface area contributed by atoms with Crippen LogP contribution >= 0.6 is 0 Å². The SMILES string of the molecule is COc1ccc(O)c(CNC(C)c2nncn2C)c1. The number of aryl methyl sites for hydroxylation is 1. The lowest BCUT2D eigenvalue weighted by molar-refractivity contribution is 0.409. The smallest absolute Gasteiger partial charge is 0.149 e. The Hall–Kier alpha value is -2.08. The molecule has 0 saturated carbocycles. The van der Waals surface area contributed by atoms with E-state index < -0.39 is 0 Å². The number of aromatic nitrogens is 3. The van der Waals surface area contributed by atoms with Crippen molar-refractivity contribution < 1.29 is 9.84 Å². The van der Waals surface area contributed by atoms with Crippen LogP contribution in [0.15, 0.2) is 24.5 Å². The number of phenols is 1. The maximum Gasteiger partial charge on any atom is 0.149 e. The molecule has 2 rings (SSSR count). The van der Waals surface area contributed by atoms with E-state index in [4.69, 9.17) is 4.74 Å². The summed E-state index contributed by atoms with van der Waals surface area (Å²) in [6.07, 6.45) is 1.66. The number of nitrogens with zero attached hydrogens (tertiary/aromatic N) is 3. The molecule has 2 N–H and O–H groups in total. The van der Waals surface area contributed by atoms with Gasteiger partial charge in [-0.05, 0) is 25.1 Å². The van der Waals surface area contributed by atoms with Gasteiger partial charge in [0.15, 0.2) is 0 Å². The highest BCUT2D eigenvalue weighted by Crippen LogP contribution is 2.23. The summed E-state index contributed by atoms with van der Waals surface area (Å²) in [7, 11) is 3.50. The molecule has 0 fully saturated rings. The van der Waals surface area contributed by atoms with Crippen molar-refractivity contribution in [3.05, 3.63) is 35.9 Å². The Bertz CT molecular complexity index is 553. The fourth-order valence-corrected chi connectivity index (χ4v) is 1.87. The molecule has 1 heterocycles. The van der Waals surface area contributed by atoms with E-state index in [9.17, 15) is 5.11 Å². The molecular weight excluding hydrogens is 244 g/mol. The molecule has 1 aromatic heterocycles. The molecule has 1 atom stereocenters. The highest BCUT2D eigenvalue weighted by atomic mass is 16.5. The van der Waals surface area contributed by atoms with E-state index in [0.717, 1.165) is 17.1 Å². The molecule has 0 bridgehead atoms. The Labute approximate surface area is 112 Å². The third kappa shape index (κ3) is 3.03. The lowest BCUT2D eigenvalue weighted by Crippen LogP contribution is -2.21. The zero-order chi connectivity index (χ0) is 13.8. The lowest BCUT2D eigenvalue weighted by atomic mass is 10.1. The van der Waals surface area contributed by atoms with Gasteiger partial charge in [-0.3, -0.25) is 0 Å². The lowest BCUT2D eigenvalue weighted by Gasteiger charge is -2.14. The molecule has 1 aromatic carbocycles. The Kier molecular flexibility index (Phi) is 4.01. The standard InChI is InChI=1S/C13H18N4O2/c1-9(13-16-15-8-17(13)2)14-7-10-6-11(19-3)4-5-12(10)18/h4-6,8-9,14,18H,7H2,1-3H3. The quantitative estimate of drug-likeness (QED) is 0.851. The van der Waals surface area contributed by atoms with E-state index in [2.05, 4.69) is 15.5 Å². The molecule has 6 heteroatoms. The van der Waals surface area contributed by atoms with Crippen LogP contribution in [0.2, 0.25) is 0 Å². The van der Waals surface area contributed by atoms with Crippen molar-refractivity contribution in [2.45, 2.75) is 19.5 Å². The van der Waals surface area contributed by atoms with Gasteiger partial charge in [0.2, 0.25) is 0 Å². The van der Waals surface area contributed by atoms with Gasteiger partial charge in [0, 0.05) is 19.2 Å². The Morgan fingerprint density at radius 3 is 2.89 bits per heavy atom. The van der Waals surface area contributed by atoms with E-state index >= 15 is 0 Å². The second-order valence-electron chi connectivity index (χ2n) is 4.40. The zero-order valence-electron chi connectivity index (χ0n) is 11.3. The molecule has 0 aliphatic carbocycles. The average Bonchev–Trinajstić information content (AvgIpc) is 2.84. The predicted molar refractivity (Wildman–Crippen MR) is 70.9 cm³/mol. The minimum Gasteiger partial charge on any atom is -0.508 e. The molecule has 2 aromatic rings. The molecule has 102 valence electrons. The number of benzene rings is 1. The van der Waals surface area contributed by atoms with Crippen molar-refractivity contribution in [3.63, 3.8) is 0 Å². The molecule has 0 amide bonds. The maximum absolute atomic E-state index is 9.80. The first-order valence-electron chi connectivity index (χ1n) is 6.05.